The topological polar surface area (TPSA) is 52.6 Å². The highest BCUT2D eigenvalue weighted by atomic mass is 32.3. The third-order valence-electron chi connectivity index (χ3n) is 1.77. The molecule has 58 valence electrons. The monoisotopic (exact) mass is 164 g/mol. The summed E-state index contributed by atoms with van der Waals surface area (Å²) in [4.78, 5) is 0. The van der Waals surface area contributed by atoms with Crippen LogP contribution in [0.4, 0.5) is 0 Å². The maximum atomic E-state index is 10.5. The second-order valence-corrected chi connectivity index (χ2v) is 3.91. The van der Waals surface area contributed by atoms with E-state index in [-0.39, 0.29) is 12.7 Å². The van der Waals surface area contributed by atoms with Crippen molar-refractivity contribution in [2.45, 2.75) is 18.9 Å². The van der Waals surface area contributed by atoms with Gasteiger partial charge in [-0.2, -0.15) is 8.42 Å². The van der Waals surface area contributed by atoms with Crippen LogP contribution in [-0.4, -0.2) is 21.1 Å². The molecular weight excluding hydrogens is 156 g/mol. The summed E-state index contributed by atoms with van der Waals surface area (Å²) in [5.41, 5.74) is 0. The molecule has 0 amide bonds. The van der Waals surface area contributed by atoms with Gasteiger partial charge in [-0.25, -0.2) is 8.37 Å². The van der Waals surface area contributed by atoms with E-state index in [2.05, 4.69) is 8.37 Å². The summed E-state index contributed by atoms with van der Waals surface area (Å²) in [5, 5.41) is 0. The first-order valence-electron chi connectivity index (χ1n) is 3.25. The van der Waals surface area contributed by atoms with E-state index in [1.807, 2.05) is 0 Å². The van der Waals surface area contributed by atoms with Crippen molar-refractivity contribution in [3.63, 3.8) is 0 Å². The fourth-order valence-corrected chi connectivity index (χ4v) is 1.91. The van der Waals surface area contributed by atoms with Crippen molar-refractivity contribution in [1.82, 2.24) is 0 Å². The Labute approximate surface area is 59.5 Å². The standard InChI is InChI=1S/C5H8O4S/c6-10(7)8-3-5(9-10)4-1-2-4/h4-5H,1-3H2/t5-/m0/s1. The lowest BCUT2D eigenvalue weighted by Crippen LogP contribution is -2.11. The van der Waals surface area contributed by atoms with E-state index in [0.717, 1.165) is 12.8 Å². The highest BCUT2D eigenvalue weighted by Gasteiger charge is 2.41. The molecule has 1 aliphatic heterocycles. The van der Waals surface area contributed by atoms with Gasteiger partial charge in [-0.05, 0) is 18.8 Å². The first-order chi connectivity index (χ1) is 4.67. The van der Waals surface area contributed by atoms with Gasteiger partial charge in [0.1, 0.15) is 6.10 Å². The van der Waals surface area contributed by atoms with Crippen LogP contribution in [0.1, 0.15) is 12.8 Å². The van der Waals surface area contributed by atoms with Gasteiger partial charge in [-0.1, -0.05) is 0 Å². The fourth-order valence-electron chi connectivity index (χ4n) is 1.04. The molecule has 0 aromatic heterocycles. The van der Waals surface area contributed by atoms with Crippen molar-refractivity contribution in [2.75, 3.05) is 6.61 Å². The molecule has 0 radical (unpaired) electrons. The summed E-state index contributed by atoms with van der Waals surface area (Å²) >= 11 is 0. The maximum absolute atomic E-state index is 10.5. The van der Waals surface area contributed by atoms with Crippen LogP contribution in [0.25, 0.3) is 0 Å². The largest absolute Gasteiger partial charge is 0.400 e. The molecule has 0 unspecified atom stereocenters. The SMILES string of the molecule is O=S1(=O)OC[C@@H](C2CC2)O1. The van der Waals surface area contributed by atoms with Gasteiger partial charge >= 0.3 is 10.4 Å². The molecule has 0 spiro atoms. The average Bonchev–Trinajstić information content (AvgIpc) is 2.59. The van der Waals surface area contributed by atoms with Crippen LogP contribution in [0.2, 0.25) is 0 Å². The van der Waals surface area contributed by atoms with Gasteiger partial charge < -0.3 is 0 Å². The first kappa shape index (κ1) is 6.57. The van der Waals surface area contributed by atoms with Crippen molar-refractivity contribution < 1.29 is 16.8 Å². The summed E-state index contributed by atoms with van der Waals surface area (Å²) < 4.78 is 30.1. The van der Waals surface area contributed by atoms with E-state index in [1.165, 1.54) is 0 Å². The van der Waals surface area contributed by atoms with Crippen molar-refractivity contribution in [3.05, 3.63) is 0 Å². The Hall–Kier alpha value is -0.130. The first-order valence-corrected chi connectivity index (χ1v) is 4.58. The number of rotatable bonds is 1. The van der Waals surface area contributed by atoms with E-state index in [9.17, 15) is 8.42 Å². The molecule has 1 aliphatic carbocycles. The Balaban J connectivity index is 2.05. The Morgan fingerprint density at radius 2 is 2.00 bits per heavy atom. The third-order valence-corrected chi connectivity index (χ3v) is 2.67. The van der Waals surface area contributed by atoms with Gasteiger partial charge in [-0.15, -0.1) is 0 Å². The fraction of sp³-hybridized carbons (Fsp3) is 1.00. The van der Waals surface area contributed by atoms with Crippen molar-refractivity contribution in [3.8, 4) is 0 Å². The molecule has 2 rings (SSSR count). The minimum Gasteiger partial charge on any atom is -0.245 e. The summed E-state index contributed by atoms with van der Waals surface area (Å²) in [6, 6.07) is 0. The molecule has 1 saturated carbocycles. The number of hydrogen-bond donors (Lipinski definition) is 0. The average molecular weight is 164 g/mol. The minimum atomic E-state index is -3.60. The molecule has 0 bridgehead atoms. The highest BCUT2D eigenvalue weighted by Crippen LogP contribution is 2.37. The van der Waals surface area contributed by atoms with Gasteiger partial charge in [-0.3, -0.25) is 0 Å². The second-order valence-electron chi connectivity index (χ2n) is 2.66. The van der Waals surface area contributed by atoms with Gasteiger partial charge in [0.2, 0.25) is 0 Å². The molecule has 1 atom stereocenters. The van der Waals surface area contributed by atoms with E-state index < -0.39 is 10.4 Å². The molecule has 1 heterocycles. The van der Waals surface area contributed by atoms with Crippen LogP contribution in [0, 0.1) is 5.92 Å². The Kier molecular flexibility index (Phi) is 1.27. The number of hydrogen-bond acceptors (Lipinski definition) is 4. The van der Waals surface area contributed by atoms with Crippen LogP contribution in [0.15, 0.2) is 0 Å². The van der Waals surface area contributed by atoms with E-state index in [1.54, 1.807) is 0 Å². The molecule has 10 heavy (non-hydrogen) atoms. The normalized spacial score (nSPS) is 38.2. The zero-order chi connectivity index (χ0) is 7.19. The summed E-state index contributed by atoms with van der Waals surface area (Å²) in [6.07, 6.45) is 1.96. The second kappa shape index (κ2) is 1.93. The predicted molar refractivity (Wildman–Crippen MR) is 32.5 cm³/mol. The molecule has 0 N–H and O–H groups in total. The molecule has 2 aliphatic rings. The Morgan fingerprint density at radius 1 is 1.30 bits per heavy atom. The molecule has 5 heteroatoms. The van der Waals surface area contributed by atoms with Gasteiger partial charge in [0.25, 0.3) is 0 Å². The Morgan fingerprint density at radius 3 is 2.40 bits per heavy atom. The summed E-state index contributed by atoms with van der Waals surface area (Å²) in [7, 11) is -3.60. The lowest BCUT2D eigenvalue weighted by Gasteiger charge is -1.98. The lowest BCUT2D eigenvalue weighted by atomic mass is 10.2. The molecule has 1 saturated heterocycles. The molecule has 2 fully saturated rings. The van der Waals surface area contributed by atoms with E-state index in [4.69, 9.17) is 0 Å². The van der Waals surface area contributed by atoms with Gasteiger partial charge in [0.15, 0.2) is 0 Å². The third kappa shape index (κ3) is 1.16. The molecular formula is C5H8O4S. The molecule has 4 nitrogen and oxygen atoms in total. The van der Waals surface area contributed by atoms with Crippen LogP contribution >= 0.6 is 0 Å². The maximum Gasteiger partial charge on any atom is 0.400 e. The lowest BCUT2D eigenvalue weighted by molar-refractivity contribution is 0.210. The van der Waals surface area contributed by atoms with Crippen molar-refractivity contribution >= 4 is 10.4 Å². The van der Waals surface area contributed by atoms with Gasteiger partial charge in [0.05, 0.1) is 6.61 Å². The highest BCUT2D eigenvalue weighted by molar-refractivity contribution is 7.82. The molecule has 0 aromatic rings. The zero-order valence-electron chi connectivity index (χ0n) is 5.32. The summed E-state index contributed by atoms with van der Waals surface area (Å²) in [5.74, 6) is 0.428. The zero-order valence-corrected chi connectivity index (χ0v) is 6.13. The van der Waals surface area contributed by atoms with E-state index >= 15 is 0 Å². The quantitative estimate of drug-likeness (QED) is 0.549. The van der Waals surface area contributed by atoms with E-state index in [0.29, 0.717) is 5.92 Å². The van der Waals surface area contributed by atoms with Crippen molar-refractivity contribution in [1.29, 1.82) is 0 Å². The molecule has 0 aromatic carbocycles. The van der Waals surface area contributed by atoms with Crippen LogP contribution in [-0.2, 0) is 18.8 Å². The minimum absolute atomic E-state index is 0.190. The van der Waals surface area contributed by atoms with Crippen LogP contribution in [0.5, 0.6) is 0 Å². The van der Waals surface area contributed by atoms with Gasteiger partial charge in [0, 0.05) is 0 Å². The predicted octanol–water partition coefficient (Wildman–Crippen LogP) is 0.0566. The van der Waals surface area contributed by atoms with Crippen LogP contribution in [0.3, 0.4) is 0 Å². The summed E-state index contributed by atoms with van der Waals surface area (Å²) in [6.45, 7) is 0.215. The van der Waals surface area contributed by atoms with Crippen molar-refractivity contribution in [2.24, 2.45) is 5.92 Å². The smallest absolute Gasteiger partial charge is 0.245 e. The van der Waals surface area contributed by atoms with Crippen LogP contribution < -0.4 is 0 Å². The Bertz CT molecular complexity index is 228.